The Morgan fingerprint density at radius 2 is 1.71 bits per heavy atom. The highest BCUT2D eigenvalue weighted by atomic mass is 19.4. The predicted octanol–water partition coefficient (Wildman–Crippen LogP) is 3.98. The van der Waals surface area contributed by atoms with Crippen LogP contribution in [0, 0.1) is 0 Å². The van der Waals surface area contributed by atoms with E-state index in [-0.39, 0.29) is 23.8 Å². The van der Waals surface area contributed by atoms with Crippen molar-refractivity contribution in [3.05, 3.63) is 53.4 Å². The minimum Gasteiger partial charge on any atom is -0.342 e. The maximum absolute atomic E-state index is 13.1. The van der Waals surface area contributed by atoms with Gasteiger partial charge in [0.1, 0.15) is 11.3 Å². The van der Waals surface area contributed by atoms with Gasteiger partial charge in [-0.2, -0.15) is 26.3 Å². The smallest absolute Gasteiger partial charge is 0.342 e. The van der Waals surface area contributed by atoms with Gasteiger partial charge in [0.25, 0.3) is 0 Å². The van der Waals surface area contributed by atoms with Gasteiger partial charge in [-0.25, -0.2) is 4.98 Å². The van der Waals surface area contributed by atoms with Crippen molar-refractivity contribution in [2.24, 2.45) is 0 Å². The van der Waals surface area contributed by atoms with Crippen LogP contribution >= 0.6 is 0 Å². The van der Waals surface area contributed by atoms with Crippen molar-refractivity contribution >= 4 is 11.0 Å². The first-order valence-corrected chi connectivity index (χ1v) is 6.56. The lowest BCUT2D eigenvalue weighted by atomic mass is 10.1. The molecule has 10 heteroatoms. The van der Waals surface area contributed by atoms with Gasteiger partial charge < -0.3 is 4.98 Å². The molecule has 0 aliphatic heterocycles. The van der Waals surface area contributed by atoms with E-state index < -0.39 is 29.0 Å². The van der Waals surface area contributed by atoms with Crippen LogP contribution in [-0.4, -0.2) is 19.9 Å². The van der Waals surface area contributed by atoms with E-state index in [0.29, 0.717) is 11.8 Å². The Morgan fingerprint density at radius 1 is 0.958 bits per heavy atom. The molecule has 24 heavy (non-hydrogen) atoms. The highest BCUT2D eigenvalue weighted by Gasteiger charge is 2.39. The average Bonchev–Trinajstić information content (AvgIpc) is 2.87. The zero-order valence-electron chi connectivity index (χ0n) is 11.7. The third-order valence-electron chi connectivity index (χ3n) is 3.23. The van der Waals surface area contributed by atoms with E-state index in [4.69, 9.17) is 0 Å². The molecule has 1 N–H and O–H groups in total. The van der Waals surface area contributed by atoms with Crippen LogP contribution in [0.5, 0.6) is 0 Å². The first-order valence-electron chi connectivity index (χ1n) is 6.56. The number of alkyl halides is 6. The molecule has 0 aliphatic rings. The minimum atomic E-state index is -4.96. The number of benzene rings is 1. The third-order valence-corrected chi connectivity index (χ3v) is 3.23. The SMILES string of the molecule is FC(F)(F)c1cc(C(F)(F)F)c2nc(Cc3cnccn3)[nH]c2c1. The molecule has 0 atom stereocenters. The Morgan fingerprint density at radius 3 is 2.29 bits per heavy atom. The van der Waals surface area contributed by atoms with Crippen LogP contribution in [0.4, 0.5) is 26.3 Å². The zero-order chi connectivity index (χ0) is 17.5. The number of hydrogen-bond donors (Lipinski definition) is 1. The van der Waals surface area contributed by atoms with Gasteiger partial charge in [0.2, 0.25) is 0 Å². The molecule has 1 aromatic carbocycles. The highest BCUT2D eigenvalue weighted by molar-refractivity contribution is 5.80. The molecule has 2 heterocycles. The quantitative estimate of drug-likeness (QED) is 0.714. The van der Waals surface area contributed by atoms with Crippen LogP contribution in [0.25, 0.3) is 11.0 Å². The highest BCUT2D eigenvalue weighted by Crippen LogP contribution is 2.39. The molecule has 0 saturated heterocycles. The molecule has 4 nitrogen and oxygen atoms in total. The molecule has 0 aliphatic carbocycles. The zero-order valence-corrected chi connectivity index (χ0v) is 11.7. The first-order chi connectivity index (χ1) is 11.1. The summed E-state index contributed by atoms with van der Waals surface area (Å²) in [6.45, 7) is 0. The fourth-order valence-electron chi connectivity index (χ4n) is 2.22. The van der Waals surface area contributed by atoms with E-state index >= 15 is 0 Å². The summed E-state index contributed by atoms with van der Waals surface area (Å²) < 4.78 is 77.7. The molecule has 0 saturated carbocycles. The third kappa shape index (κ3) is 3.17. The Bertz CT molecular complexity index is 867. The second-order valence-corrected chi connectivity index (χ2v) is 4.97. The second-order valence-electron chi connectivity index (χ2n) is 4.97. The fraction of sp³-hybridized carbons (Fsp3) is 0.214. The van der Waals surface area contributed by atoms with E-state index in [1.165, 1.54) is 18.6 Å². The summed E-state index contributed by atoms with van der Waals surface area (Å²) >= 11 is 0. The molecule has 3 aromatic rings. The summed E-state index contributed by atoms with van der Waals surface area (Å²) in [5, 5.41) is 0. The van der Waals surface area contributed by atoms with Crippen molar-refractivity contribution in [3.63, 3.8) is 0 Å². The summed E-state index contributed by atoms with van der Waals surface area (Å²) in [6, 6.07) is 0.674. The van der Waals surface area contributed by atoms with Gasteiger partial charge in [0, 0.05) is 25.0 Å². The Labute approximate surface area is 130 Å². The number of aromatic amines is 1. The molecule has 0 spiro atoms. The van der Waals surface area contributed by atoms with Gasteiger partial charge in [-0.05, 0) is 12.1 Å². The summed E-state index contributed by atoms with van der Waals surface area (Å²) in [5.74, 6) is 0.0651. The number of imidazole rings is 1. The maximum Gasteiger partial charge on any atom is 0.418 e. The van der Waals surface area contributed by atoms with Gasteiger partial charge in [-0.3, -0.25) is 9.97 Å². The molecule has 0 bridgehead atoms. The van der Waals surface area contributed by atoms with Crippen LogP contribution in [0.3, 0.4) is 0 Å². The lowest BCUT2D eigenvalue weighted by molar-refractivity contribution is -0.142. The molecule has 0 amide bonds. The normalized spacial score (nSPS) is 12.8. The molecular formula is C14H8F6N4. The first kappa shape index (κ1) is 16.2. The number of nitrogens with one attached hydrogen (secondary N) is 1. The summed E-state index contributed by atoms with van der Waals surface area (Å²) in [7, 11) is 0. The second kappa shape index (κ2) is 5.46. The standard InChI is InChI=1S/C14H8F6N4/c15-13(16,17)7-3-9(14(18,19)20)12-10(4-7)23-11(24-12)5-8-6-21-1-2-22-8/h1-4,6H,5H2,(H,23,24). The van der Waals surface area contributed by atoms with Crippen molar-refractivity contribution in [1.82, 2.24) is 19.9 Å². The Balaban J connectivity index is 2.13. The van der Waals surface area contributed by atoms with Crippen LogP contribution in [-0.2, 0) is 18.8 Å². The minimum absolute atomic E-state index is 0.0150. The monoisotopic (exact) mass is 346 g/mol. The van der Waals surface area contributed by atoms with E-state index in [1.54, 1.807) is 0 Å². The number of H-pyrrole nitrogens is 1. The molecule has 0 unspecified atom stereocenters. The van der Waals surface area contributed by atoms with Crippen LogP contribution in [0.2, 0.25) is 0 Å². The number of aromatic nitrogens is 4. The van der Waals surface area contributed by atoms with E-state index in [2.05, 4.69) is 19.9 Å². The van der Waals surface area contributed by atoms with Gasteiger partial charge in [0.05, 0.1) is 22.3 Å². The molecular weight excluding hydrogens is 338 g/mol. The van der Waals surface area contributed by atoms with E-state index in [1.807, 2.05) is 0 Å². The fourth-order valence-corrected chi connectivity index (χ4v) is 2.22. The molecule has 0 radical (unpaired) electrons. The number of nitrogens with zero attached hydrogens (tertiary/aromatic N) is 3. The summed E-state index contributed by atoms with van der Waals surface area (Å²) in [6.07, 6.45) is -5.65. The Hall–Kier alpha value is -2.65. The lowest BCUT2D eigenvalue weighted by Crippen LogP contribution is -2.11. The lowest BCUT2D eigenvalue weighted by Gasteiger charge is -2.11. The van der Waals surface area contributed by atoms with Crippen molar-refractivity contribution in [3.8, 4) is 0 Å². The summed E-state index contributed by atoms with van der Waals surface area (Å²) in [4.78, 5) is 14.0. The van der Waals surface area contributed by atoms with Crippen molar-refractivity contribution in [2.75, 3.05) is 0 Å². The van der Waals surface area contributed by atoms with E-state index in [0.717, 1.165) is 0 Å². The van der Waals surface area contributed by atoms with Crippen LogP contribution in [0.15, 0.2) is 30.7 Å². The predicted molar refractivity (Wildman–Crippen MR) is 70.9 cm³/mol. The summed E-state index contributed by atoms with van der Waals surface area (Å²) in [5.41, 5.74) is -3.31. The maximum atomic E-state index is 13.1. The van der Waals surface area contributed by atoms with Crippen molar-refractivity contribution < 1.29 is 26.3 Å². The molecule has 3 rings (SSSR count). The van der Waals surface area contributed by atoms with E-state index in [9.17, 15) is 26.3 Å². The van der Waals surface area contributed by atoms with Gasteiger partial charge in [-0.1, -0.05) is 0 Å². The van der Waals surface area contributed by atoms with Crippen molar-refractivity contribution in [1.29, 1.82) is 0 Å². The average molecular weight is 346 g/mol. The number of halogens is 6. The van der Waals surface area contributed by atoms with Crippen LogP contribution < -0.4 is 0 Å². The largest absolute Gasteiger partial charge is 0.418 e. The van der Waals surface area contributed by atoms with Gasteiger partial charge in [0.15, 0.2) is 0 Å². The van der Waals surface area contributed by atoms with Crippen LogP contribution in [0.1, 0.15) is 22.6 Å². The number of rotatable bonds is 2. The molecule has 2 aromatic heterocycles. The molecule has 126 valence electrons. The van der Waals surface area contributed by atoms with Crippen molar-refractivity contribution in [2.45, 2.75) is 18.8 Å². The Kier molecular flexibility index (Phi) is 3.69. The topological polar surface area (TPSA) is 54.5 Å². The molecule has 0 fully saturated rings. The van der Waals surface area contributed by atoms with Gasteiger partial charge >= 0.3 is 12.4 Å². The van der Waals surface area contributed by atoms with Gasteiger partial charge in [-0.15, -0.1) is 0 Å². The number of hydrogen-bond acceptors (Lipinski definition) is 3. The number of fused-ring (bicyclic) bond motifs is 1.